The van der Waals surface area contributed by atoms with Crippen molar-refractivity contribution < 1.29 is 4.79 Å². The maximum absolute atomic E-state index is 10.8. The first kappa shape index (κ1) is 11.4. The minimum atomic E-state index is -0.173. The highest BCUT2D eigenvalue weighted by Crippen LogP contribution is 1.84. The number of aromatic nitrogens is 2. The number of urea groups is 1. The summed E-state index contributed by atoms with van der Waals surface area (Å²) < 4.78 is 0. The van der Waals surface area contributed by atoms with Gasteiger partial charge in [0, 0.05) is 32.5 Å². The largest absolute Gasteiger partial charge is 0.341 e. The Balaban J connectivity index is 2.05. The molecule has 0 aliphatic rings. The number of carbonyl (C=O) groups is 1. The fraction of sp³-hybridized carbons (Fsp3) is 0.444. The van der Waals surface area contributed by atoms with Crippen molar-refractivity contribution in [3.63, 3.8) is 0 Å². The molecule has 2 amide bonds. The fourth-order valence-electron chi connectivity index (χ4n) is 0.974. The molecule has 0 atom stereocenters. The summed E-state index contributed by atoms with van der Waals surface area (Å²) in [5, 5.41) is 8.25. The van der Waals surface area contributed by atoms with Gasteiger partial charge in [-0.15, -0.1) is 0 Å². The van der Waals surface area contributed by atoms with Crippen LogP contribution in [0.1, 0.15) is 5.82 Å². The zero-order valence-corrected chi connectivity index (χ0v) is 8.66. The number of carbonyl (C=O) groups excluding carboxylic acids is 1. The van der Waals surface area contributed by atoms with Crippen molar-refractivity contribution in [3.05, 3.63) is 24.3 Å². The van der Waals surface area contributed by atoms with Gasteiger partial charge < -0.3 is 16.0 Å². The van der Waals surface area contributed by atoms with Crippen LogP contribution in [0.4, 0.5) is 4.79 Å². The van der Waals surface area contributed by atoms with E-state index in [1.165, 1.54) is 0 Å². The van der Waals surface area contributed by atoms with Crippen LogP contribution >= 0.6 is 0 Å². The first-order chi connectivity index (χ1) is 7.33. The summed E-state index contributed by atoms with van der Waals surface area (Å²) in [5.74, 6) is 0.748. The summed E-state index contributed by atoms with van der Waals surface area (Å²) in [6.45, 7) is 1.87. The molecule has 0 saturated carbocycles. The van der Waals surface area contributed by atoms with Crippen molar-refractivity contribution in [2.45, 2.75) is 6.54 Å². The molecule has 0 aliphatic carbocycles. The van der Waals surface area contributed by atoms with Crippen LogP contribution in [-0.4, -0.2) is 36.1 Å². The van der Waals surface area contributed by atoms with Gasteiger partial charge in [-0.25, -0.2) is 14.8 Å². The van der Waals surface area contributed by atoms with Gasteiger partial charge in [-0.05, 0) is 6.07 Å². The van der Waals surface area contributed by atoms with Crippen LogP contribution in [0.25, 0.3) is 0 Å². The van der Waals surface area contributed by atoms with Gasteiger partial charge in [-0.2, -0.15) is 0 Å². The van der Waals surface area contributed by atoms with E-state index in [0.717, 1.165) is 5.82 Å². The molecule has 3 N–H and O–H groups in total. The monoisotopic (exact) mass is 209 g/mol. The van der Waals surface area contributed by atoms with Gasteiger partial charge in [-0.1, -0.05) is 0 Å². The Hall–Kier alpha value is -1.69. The van der Waals surface area contributed by atoms with Crippen LogP contribution in [0.15, 0.2) is 18.5 Å². The first-order valence-electron chi connectivity index (χ1n) is 4.75. The molecule has 6 heteroatoms. The van der Waals surface area contributed by atoms with E-state index in [4.69, 9.17) is 0 Å². The smallest absolute Gasteiger partial charge is 0.314 e. The van der Waals surface area contributed by atoms with E-state index in [9.17, 15) is 4.79 Å². The molecule has 82 valence electrons. The van der Waals surface area contributed by atoms with Crippen molar-refractivity contribution in [1.29, 1.82) is 0 Å². The molecule has 15 heavy (non-hydrogen) atoms. The molecule has 1 rings (SSSR count). The summed E-state index contributed by atoms with van der Waals surface area (Å²) in [6, 6.07) is 1.60. The highest BCUT2D eigenvalue weighted by molar-refractivity contribution is 5.73. The number of rotatable bonds is 5. The van der Waals surface area contributed by atoms with Crippen molar-refractivity contribution >= 4 is 6.03 Å². The average molecular weight is 209 g/mol. The molecule has 0 unspecified atom stereocenters. The van der Waals surface area contributed by atoms with Gasteiger partial charge in [0.15, 0.2) is 0 Å². The Kier molecular flexibility index (Phi) is 5.10. The predicted octanol–water partition coefficient (Wildman–Crippen LogP) is -0.505. The summed E-state index contributed by atoms with van der Waals surface area (Å²) in [5.41, 5.74) is 0. The molecule has 0 fully saturated rings. The van der Waals surface area contributed by atoms with Gasteiger partial charge in [0.2, 0.25) is 0 Å². The average Bonchev–Trinajstić information content (AvgIpc) is 2.29. The Labute approximate surface area is 88.5 Å². The highest BCUT2D eigenvalue weighted by atomic mass is 16.2. The molecular weight excluding hydrogens is 194 g/mol. The van der Waals surface area contributed by atoms with E-state index in [1.54, 1.807) is 25.5 Å². The van der Waals surface area contributed by atoms with E-state index in [0.29, 0.717) is 19.6 Å². The van der Waals surface area contributed by atoms with Crippen LogP contribution in [0.5, 0.6) is 0 Å². The first-order valence-corrected chi connectivity index (χ1v) is 4.75. The Morgan fingerprint density at radius 1 is 1.33 bits per heavy atom. The second kappa shape index (κ2) is 6.72. The minimum Gasteiger partial charge on any atom is -0.341 e. The SMILES string of the molecule is CNC(=O)NCCNCc1ncccn1. The number of nitrogens with zero attached hydrogens (tertiary/aromatic N) is 2. The third-order valence-electron chi connectivity index (χ3n) is 1.72. The van der Waals surface area contributed by atoms with Crippen LogP contribution in [0.3, 0.4) is 0 Å². The lowest BCUT2D eigenvalue weighted by molar-refractivity contribution is 0.243. The molecule has 0 aromatic carbocycles. The van der Waals surface area contributed by atoms with Crippen LogP contribution in [-0.2, 0) is 6.54 Å². The van der Waals surface area contributed by atoms with E-state index < -0.39 is 0 Å². The molecule has 1 aromatic heterocycles. The lowest BCUT2D eigenvalue weighted by Crippen LogP contribution is -2.37. The zero-order chi connectivity index (χ0) is 10.9. The number of nitrogens with one attached hydrogen (secondary N) is 3. The van der Waals surface area contributed by atoms with E-state index in [-0.39, 0.29) is 6.03 Å². The Morgan fingerprint density at radius 3 is 2.73 bits per heavy atom. The molecule has 1 heterocycles. The van der Waals surface area contributed by atoms with E-state index in [2.05, 4.69) is 25.9 Å². The number of amides is 2. The minimum absolute atomic E-state index is 0.173. The second-order valence-corrected chi connectivity index (χ2v) is 2.85. The number of hydrogen-bond acceptors (Lipinski definition) is 4. The molecule has 0 radical (unpaired) electrons. The highest BCUT2D eigenvalue weighted by Gasteiger charge is 1.95. The molecule has 1 aromatic rings. The summed E-state index contributed by atoms with van der Waals surface area (Å²) in [6.07, 6.45) is 3.40. The lowest BCUT2D eigenvalue weighted by atomic mass is 10.5. The predicted molar refractivity (Wildman–Crippen MR) is 56.2 cm³/mol. The van der Waals surface area contributed by atoms with Gasteiger partial charge in [0.1, 0.15) is 5.82 Å². The van der Waals surface area contributed by atoms with Gasteiger partial charge >= 0.3 is 6.03 Å². The third-order valence-corrected chi connectivity index (χ3v) is 1.72. The van der Waals surface area contributed by atoms with Crippen molar-refractivity contribution in [2.75, 3.05) is 20.1 Å². The summed E-state index contributed by atoms with van der Waals surface area (Å²) in [7, 11) is 1.58. The van der Waals surface area contributed by atoms with E-state index in [1.807, 2.05) is 0 Å². The van der Waals surface area contributed by atoms with Crippen LogP contribution in [0.2, 0.25) is 0 Å². The fourth-order valence-corrected chi connectivity index (χ4v) is 0.974. The van der Waals surface area contributed by atoms with E-state index >= 15 is 0 Å². The van der Waals surface area contributed by atoms with Gasteiger partial charge in [0.05, 0.1) is 6.54 Å². The topological polar surface area (TPSA) is 78.9 Å². The normalized spacial score (nSPS) is 9.67. The Morgan fingerprint density at radius 2 is 2.07 bits per heavy atom. The molecule has 0 spiro atoms. The van der Waals surface area contributed by atoms with Crippen molar-refractivity contribution in [3.8, 4) is 0 Å². The summed E-state index contributed by atoms with van der Waals surface area (Å²) >= 11 is 0. The van der Waals surface area contributed by atoms with Crippen LogP contribution in [0, 0.1) is 0 Å². The Bertz CT molecular complexity index is 290. The second-order valence-electron chi connectivity index (χ2n) is 2.85. The standard InChI is InChI=1S/C9H15N5O/c1-10-9(15)14-6-5-11-7-8-12-3-2-4-13-8/h2-4,11H,5-7H2,1H3,(H2,10,14,15). The maximum Gasteiger partial charge on any atom is 0.314 e. The van der Waals surface area contributed by atoms with Crippen molar-refractivity contribution in [2.24, 2.45) is 0 Å². The number of hydrogen-bond donors (Lipinski definition) is 3. The van der Waals surface area contributed by atoms with Gasteiger partial charge in [0.25, 0.3) is 0 Å². The van der Waals surface area contributed by atoms with Gasteiger partial charge in [-0.3, -0.25) is 0 Å². The molecule has 0 saturated heterocycles. The van der Waals surface area contributed by atoms with Crippen molar-refractivity contribution in [1.82, 2.24) is 25.9 Å². The van der Waals surface area contributed by atoms with Crippen LogP contribution < -0.4 is 16.0 Å². The molecule has 0 bridgehead atoms. The quantitative estimate of drug-likeness (QED) is 0.571. The zero-order valence-electron chi connectivity index (χ0n) is 8.66. The lowest BCUT2D eigenvalue weighted by Gasteiger charge is -2.05. The third kappa shape index (κ3) is 4.92. The maximum atomic E-state index is 10.8. The molecular formula is C9H15N5O. The summed E-state index contributed by atoms with van der Waals surface area (Å²) in [4.78, 5) is 18.9. The molecule has 6 nitrogen and oxygen atoms in total. The molecule has 0 aliphatic heterocycles.